The van der Waals surface area contributed by atoms with Crippen LogP contribution in [0.1, 0.15) is 18.3 Å². The number of carbonyl (C=O) groups is 1. The van der Waals surface area contributed by atoms with Crippen molar-refractivity contribution in [1.82, 2.24) is 15.0 Å². The first-order chi connectivity index (χ1) is 12.6. The molecule has 0 spiro atoms. The minimum absolute atomic E-state index is 0.116. The van der Waals surface area contributed by atoms with Crippen LogP contribution in [-0.2, 0) is 11.3 Å². The summed E-state index contributed by atoms with van der Waals surface area (Å²) in [6.07, 6.45) is 1.76. The van der Waals surface area contributed by atoms with Crippen molar-refractivity contribution in [2.45, 2.75) is 20.4 Å². The molecule has 3 aromatic rings. The molecule has 1 aromatic carbocycles. The van der Waals surface area contributed by atoms with Crippen LogP contribution in [0.3, 0.4) is 0 Å². The normalized spacial score (nSPS) is 10.2. The second-order valence-corrected chi connectivity index (χ2v) is 5.78. The number of aryl methyl sites for hydroxylation is 1. The van der Waals surface area contributed by atoms with Crippen LogP contribution in [0.4, 0.5) is 23.1 Å². The van der Waals surface area contributed by atoms with Gasteiger partial charge in [-0.15, -0.1) is 0 Å². The second-order valence-electron chi connectivity index (χ2n) is 5.78. The van der Waals surface area contributed by atoms with Crippen molar-refractivity contribution in [3.8, 4) is 0 Å². The van der Waals surface area contributed by atoms with Crippen molar-refractivity contribution in [1.29, 1.82) is 0 Å². The molecule has 0 fully saturated rings. The molecule has 0 aliphatic heterocycles. The van der Waals surface area contributed by atoms with Crippen molar-refractivity contribution >= 4 is 29.0 Å². The summed E-state index contributed by atoms with van der Waals surface area (Å²) in [5.41, 5.74) is 3.27. The summed E-state index contributed by atoms with van der Waals surface area (Å²) < 4.78 is 0. The molecule has 2 heterocycles. The van der Waals surface area contributed by atoms with Crippen LogP contribution >= 0.6 is 0 Å². The summed E-state index contributed by atoms with van der Waals surface area (Å²) in [7, 11) is 0. The topological polar surface area (TPSA) is 91.8 Å². The number of amides is 1. The maximum Gasteiger partial charge on any atom is 0.229 e. The Kier molecular flexibility index (Phi) is 5.38. The van der Waals surface area contributed by atoms with E-state index in [1.165, 1.54) is 6.92 Å². The fourth-order valence-corrected chi connectivity index (χ4v) is 2.41. The first-order valence-corrected chi connectivity index (χ1v) is 8.22. The lowest BCUT2D eigenvalue weighted by Gasteiger charge is -2.11. The van der Waals surface area contributed by atoms with Crippen molar-refractivity contribution in [3.63, 3.8) is 0 Å². The van der Waals surface area contributed by atoms with E-state index in [1.54, 1.807) is 6.20 Å². The van der Waals surface area contributed by atoms with Crippen molar-refractivity contribution in [2.75, 3.05) is 16.0 Å². The molecule has 26 heavy (non-hydrogen) atoms. The van der Waals surface area contributed by atoms with Gasteiger partial charge in [0.05, 0.1) is 12.2 Å². The Morgan fingerprint density at radius 1 is 1.04 bits per heavy atom. The van der Waals surface area contributed by atoms with E-state index in [9.17, 15) is 4.79 Å². The molecule has 0 unspecified atom stereocenters. The number of carbonyl (C=O) groups excluding carboxylic acids is 1. The van der Waals surface area contributed by atoms with E-state index >= 15 is 0 Å². The SMILES string of the molecule is CC(=O)Nc1cccc(Nc2nc(C)cc(NCc3ccccn3)n2)c1. The monoisotopic (exact) mass is 348 g/mol. The van der Waals surface area contributed by atoms with Gasteiger partial charge in [-0.3, -0.25) is 9.78 Å². The maximum atomic E-state index is 11.2. The molecular weight excluding hydrogens is 328 g/mol. The van der Waals surface area contributed by atoms with E-state index in [1.807, 2.05) is 55.5 Å². The Hall–Kier alpha value is -3.48. The number of benzene rings is 1. The smallest absolute Gasteiger partial charge is 0.229 e. The van der Waals surface area contributed by atoms with E-state index in [0.717, 1.165) is 17.1 Å². The molecule has 0 bridgehead atoms. The Bertz CT molecular complexity index is 898. The average molecular weight is 348 g/mol. The summed E-state index contributed by atoms with van der Waals surface area (Å²) >= 11 is 0. The minimum Gasteiger partial charge on any atom is -0.364 e. The zero-order valence-electron chi connectivity index (χ0n) is 14.7. The Morgan fingerprint density at radius 2 is 1.88 bits per heavy atom. The molecule has 0 aliphatic carbocycles. The first kappa shape index (κ1) is 17.3. The number of anilines is 4. The highest BCUT2D eigenvalue weighted by molar-refractivity contribution is 5.89. The minimum atomic E-state index is -0.116. The van der Waals surface area contributed by atoms with Gasteiger partial charge in [-0.1, -0.05) is 12.1 Å². The third-order valence-electron chi connectivity index (χ3n) is 3.47. The van der Waals surface area contributed by atoms with Gasteiger partial charge in [-0.05, 0) is 37.3 Å². The molecule has 0 atom stereocenters. The third kappa shape index (κ3) is 5.01. The molecule has 3 rings (SSSR count). The number of hydrogen-bond acceptors (Lipinski definition) is 6. The van der Waals surface area contributed by atoms with E-state index < -0.39 is 0 Å². The molecule has 0 saturated heterocycles. The van der Waals surface area contributed by atoms with E-state index in [4.69, 9.17) is 0 Å². The lowest BCUT2D eigenvalue weighted by Crippen LogP contribution is -2.07. The summed E-state index contributed by atoms with van der Waals surface area (Å²) in [6.45, 7) is 3.96. The molecule has 3 N–H and O–H groups in total. The van der Waals surface area contributed by atoms with Gasteiger partial charge < -0.3 is 16.0 Å². The van der Waals surface area contributed by atoms with Crippen molar-refractivity contribution in [3.05, 3.63) is 66.1 Å². The van der Waals surface area contributed by atoms with Crippen LogP contribution in [-0.4, -0.2) is 20.9 Å². The van der Waals surface area contributed by atoms with Gasteiger partial charge in [0, 0.05) is 36.3 Å². The fourth-order valence-electron chi connectivity index (χ4n) is 2.41. The number of rotatable bonds is 6. The van der Waals surface area contributed by atoms with Gasteiger partial charge in [-0.2, -0.15) is 4.98 Å². The molecule has 1 amide bonds. The number of aromatic nitrogens is 3. The second kappa shape index (κ2) is 8.06. The predicted octanol–water partition coefficient (Wildman–Crippen LogP) is 3.49. The molecule has 7 heteroatoms. The van der Waals surface area contributed by atoms with Crippen LogP contribution in [0.25, 0.3) is 0 Å². The van der Waals surface area contributed by atoms with Crippen LogP contribution in [0.15, 0.2) is 54.7 Å². The molecule has 0 radical (unpaired) electrons. The largest absolute Gasteiger partial charge is 0.364 e. The summed E-state index contributed by atoms with van der Waals surface area (Å²) in [5, 5.41) is 9.18. The van der Waals surface area contributed by atoms with E-state index in [0.29, 0.717) is 24.0 Å². The zero-order valence-corrected chi connectivity index (χ0v) is 14.7. The van der Waals surface area contributed by atoms with Gasteiger partial charge in [0.25, 0.3) is 0 Å². The standard InChI is InChI=1S/C19H20N6O/c1-13-10-18(21-12-17-6-3-4-9-20-17)25-19(22-13)24-16-8-5-7-15(11-16)23-14(2)26/h3-11H,12H2,1-2H3,(H,23,26)(H2,21,22,24,25). The first-order valence-electron chi connectivity index (χ1n) is 8.22. The van der Waals surface area contributed by atoms with Crippen LogP contribution in [0.2, 0.25) is 0 Å². The Morgan fingerprint density at radius 3 is 2.65 bits per heavy atom. The van der Waals surface area contributed by atoms with Gasteiger partial charge in [0.15, 0.2) is 0 Å². The van der Waals surface area contributed by atoms with Gasteiger partial charge in [0.2, 0.25) is 11.9 Å². The molecule has 7 nitrogen and oxygen atoms in total. The van der Waals surface area contributed by atoms with Crippen molar-refractivity contribution in [2.24, 2.45) is 0 Å². The predicted molar refractivity (Wildman–Crippen MR) is 102 cm³/mol. The van der Waals surface area contributed by atoms with Gasteiger partial charge >= 0.3 is 0 Å². The summed E-state index contributed by atoms with van der Waals surface area (Å²) in [5.74, 6) is 1.08. The average Bonchev–Trinajstić information content (AvgIpc) is 2.60. The Balaban J connectivity index is 1.72. The van der Waals surface area contributed by atoms with Crippen LogP contribution < -0.4 is 16.0 Å². The molecule has 2 aromatic heterocycles. The third-order valence-corrected chi connectivity index (χ3v) is 3.47. The Labute approximate surface area is 151 Å². The highest BCUT2D eigenvalue weighted by Gasteiger charge is 2.05. The number of hydrogen-bond donors (Lipinski definition) is 3. The summed E-state index contributed by atoms with van der Waals surface area (Å²) in [4.78, 5) is 24.4. The van der Waals surface area contributed by atoms with E-state index in [-0.39, 0.29) is 5.91 Å². The molecule has 132 valence electrons. The quantitative estimate of drug-likeness (QED) is 0.631. The maximum absolute atomic E-state index is 11.2. The van der Waals surface area contributed by atoms with Crippen LogP contribution in [0, 0.1) is 6.92 Å². The van der Waals surface area contributed by atoms with E-state index in [2.05, 4.69) is 30.9 Å². The zero-order chi connectivity index (χ0) is 18.4. The number of pyridine rings is 1. The van der Waals surface area contributed by atoms with Gasteiger partial charge in [0.1, 0.15) is 5.82 Å². The lowest BCUT2D eigenvalue weighted by atomic mass is 10.2. The number of nitrogens with zero attached hydrogens (tertiary/aromatic N) is 3. The highest BCUT2D eigenvalue weighted by atomic mass is 16.1. The fraction of sp³-hybridized carbons (Fsp3) is 0.158. The highest BCUT2D eigenvalue weighted by Crippen LogP contribution is 2.19. The summed E-state index contributed by atoms with van der Waals surface area (Å²) in [6, 6.07) is 15.1. The lowest BCUT2D eigenvalue weighted by molar-refractivity contribution is -0.114. The molecule has 0 saturated carbocycles. The molecule has 0 aliphatic rings. The van der Waals surface area contributed by atoms with Crippen molar-refractivity contribution < 1.29 is 4.79 Å². The van der Waals surface area contributed by atoms with Crippen LogP contribution in [0.5, 0.6) is 0 Å². The molecular formula is C19H20N6O. The number of nitrogens with one attached hydrogen (secondary N) is 3. The van der Waals surface area contributed by atoms with Gasteiger partial charge in [-0.25, -0.2) is 4.98 Å².